The topological polar surface area (TPSA) is 29.1 Å². The Labute approximate surface area is 66.0 Å². The van der Waals surface area contributed by atoms with Gasteiger partial charge in [0.05, 0.1) is 4.99 Å². The van der Waals surface area contributed by atoms with Gasteiger partial charge in [-0.1, -0.05) is 19.1 Å². The predicted molar refractivity (Wildman–Crippen MR) is 43.8 cm³/mol. The summed E-state index contributed by atoms with van der Waals surface area (Å²) >= 11 is 4.97. The molecule has 3 heteroatoms. The van der Waals surface area contributed by atoms with Gasteiger partial charge in [0, 0.05) is 12.3 Å². The minimum absolute atomic E-state index is 0.0784. The fraction of sp³-hybridized carbons (Fsp3) is 0.714. The van der Waals surface area contributed by atoms with Crippen LogP contribution in [0.4, 0.5) is 0 Å². The number of rotatable bonds is 1. The molecule has 1 aliphatic rings. The summed E-state index contributed by atoms with van der Waals surface area (Å²) in [5, 5.41) is 2.67. The Kier molecular flexibility index (Phi) is 2.38. The maximum Gasteiger partial charge on any atom is 0.224 e. The second-order valence-corrected chi connectivity index (χ2v) is 3.00. The molecule has 1 amide bonds. The van der Waals surface area contributed by atoms with Crippen LogP contribution in [0.2, 0.25) is 0 Å². The summed E-state index contributed by atoms with van der Waals surface area (Å²) in [6.07, 6.45) is 2.61. The van der Waals surface area contributed by atoms with Gasteiger partial charge in [0.25, 0.3) is 0 Å². The van der Waals surface area contributed by atoms with Crippen LogP contribution < -0.4 is 5.32 Å². The van der Waals surface area contributed by atoms with Gasteiger partial charge < -0.3 is 5.32 Å². The molecule has 10 heavy (non-hydrogen) atoms. The highest BCUT2D eigenvalue weighted by molar-refractivity contribution is 7.80. The molecule has 2 nitrogen and oxygen atoms in total. The Hall–Kier alpha value is -0.440. The van der Waals surface area contributed by atoms with Crippen molar-refractivity contribution in [2.75, 3.05) is 0 Å². The summed E-state index contributed by atoms with van der Waals surface area (Å²) in [5.74, 6) is 0.516. The van der Waals surface area contributed by atoms with E-state index in [4.69, 9.17) is 12.2 Å². The molecule has 1 aliphatic heterocycles. The highest BCUT2D eigenvalue weighted by Gasteiger charge is 2.20. The second-order valence-electron chi connectivity index (χ2n) is 2.56. The smallest absolute Gasteiger partial charge is 0.224 e. The zero-order valence-corrected chi connectivity index (χ0v) is 6.83. The van der Waals surface area contributed by atoms with Crippen LogP contribution in [-0.2, 0) is 4.79 Å². The van der Waals surface area contributed by atoms with Crippen LogP contribution in [0.3, 0.4) is 0 Å². The first-order chi connectivity index (χ1) is 4.74. The average molecular weight is 157 g/mol. The third kappa shape index (κ3) is 1.53. The van der Waals surface area contributed by atoms with Crippen LogP contribution in [-0.4, -0.2) is 10.9 Å². The zero-order valence-electron chi connectivity index (χ0n) is 6.02. The third-order valence-corrected chi connectivity index (χ3v) is 2.28. The number of carbonyl (C=O) groups is 1. The lowest BCUT2D eigenvalue weighted by atomic mass is 9.97. The molecule has 0 aromatic carbocycles. The molecule has 0 aromatic rings. The second kappa shape index (κ2) is 3.10. The van der Waals surface area contributed by atoms with Crippen LogP contribution in [0.1, 0.15) is 26.2 Å². The van der Waals surface area contributed by atoms with Crippen LogP contribution in [0.15, 0.2) is 0 Å². The van der Waals surface area contributed by atoms with E-state index in [9.17, 15) is 4.79 Å². The molecule has 0 saturated carbocycles. The zero-order chi connectivity index (χ0) is 7.56. The van der Waals surface area contributed by atoms with E-state index in [2.05, 4.69) is 12.2 Å². The van der Waals surface area contributed by atoms with E-state index >= 15 is 0 Å². The summed E-state index contributed by atoms with van der Waals surface area (Å²) in [6.45, 7) is 2.09. The van der Waals surface area contributed by atoms with Crippen molar-refractivity contribution in [2.45, 2.75) is 26.2 Å². The van der Waals surface area contributed by atoms with Gasteiger partial charge in [-0.05, 0) is 12.8 Å². The lowest BCUT2D eigenvalue weighted by Gasteiger charge is -2.21. The number of nitrogens with one attached hydrogen (secondary N) is 1. The summed E-state index contributed by atoms with van der Waals surface area (Å²) in [5.41, 5.74) is 0. The first-order valence-corrected chi connectivity index (χ1v) is 3.98. The van der Waals surface area contributed by atoms with Gasteiger partial charge in [-0.3, -0.25) is 4.79 Å². The van der Waals surface area contributed by atoms with Crippen molar-refractivity contribution >= 4 is 23.1 Å². The van der Waals surface area contributed by atoms with Gasteiger partial charge >= 0.3 is 0 Å². The van der Waals surface area contributed by atoms with E-state index in [0.29, 0.717) is 12.3 Å². The largest absolute Gasteiger partial charge is 0.320 e. The van der Waals surface area contributed by atoms with Crippen LogP contribution in [0.25, 0.3) is 0 Å². The predicted octanol–water partition coefficient (Wildman–Crippen LogP) is 1.25. The van der Waals surface area contributed by atoms with Crippen molar-refractivity contribution in [2.24, 2.45) is 5.92 Å². The van der Waals surface area contributed by atoms with E-state index in [0.717, 1.165) is 17.8 Å². The summed E-state index contributed by atoms with van der Waals surface area (Å²) in [6, 6.07) is 0. The molecule has 1 atom stereocenters. The molecular formula is C7H11NOS. The molecule has 1 fully saturated rings. The van der Waals surface area contributed by atoms with E-state index in [1.54, 1.807) is 0 Å². The lowest BCUT2D eigenvalue weighted by Crippen LogP contribution is -2.39. The number of hydrogen-bond donors (Lipinski definition) is 1. The SMILES string of the molecule is CCC1CCC(=O)NC1=S. The van der Waals surface area contributed by atoms with Crippen molar-refractivity contribution in [3.8, 4) is 0 Å². The van der Waals surface area contributed by atoms with Gasteiger partial charge in [-0.15, -0.1) is 0 Å². The van der Waals surface area contributed by atoms with E-state index in [1.165, 1.54) is 0 Å². The van der Waals surface area contributed by atoms with E-state index in [-0.39, 0.29) is 5.91 Å². The van der Waals surface area contributed by atoms with Crippen molar-refractivity contribution in [1.82, 2.24) is 5.32 Å². The molecule has 1 unspecified atom stereocenters. The first kappa shape index (κ1) is 7.66. The molecule has 0 spiro atoms. The Morgan fingerprint density at radius 1 is 1.80 bits per heavy atom. The highest BCUT2D eigenvalue weighted by Crippen LogP contribution is 2.16. The lowest BCUT2D eigenvalue weighted by molar-refractivity contribution is -0.120. The minimum Gasteiger partial charge on any atom is -0.320 e. The van der Waals surface area contributed by atoms with Gasteiger partial charge in [0.15, 0.2) is 0 Å². The molecule has 1 rings (SSSR count). The molecule has 0 aliphatic carbocycles. The quantitative estimate of drug-likeness (QED) is 0.580. The van der Waals surface area contributed by atoms with Crippen LogP contribution in [0, 0.1) is 5.92 Å². The first-order valence-electron chi connectivity index (χ1n) is 3.57. The van der Waals surface area contributed by atoms with Crippen molar-refractivity contribution in [3.05, 3.63) is 0 Å². The molecular weight excluding hydrogens is 146 g/mol. The van der Waals surface area contributed by atoms with Crippen LogP contribution in [0.5, 0.6) is 0 Å². The summed E-state index contributed by atoms with van der Waals surface area (Å²) < 4.78 is 0. The number of hydrogen-bond acceptors (Lipinski definition) is 2. The van der Waals surface area contributed by atoms with Gasteiger partial charge in [-0.25, -0.2) is 0 Å². The fourth-order valence-electron chi connectivity index (χ4n) is 1.13. The number of carbonyl (C=O) groups excluding carboxylic acids is 1. The molecule has 1 N–H and O–H groups in total. The summed E-state index contributed by atoms with van der Waals surface area (Å²) in [7, 11) is 0. The Bertz CT molecular complexity index is 167. The normalized spacial score (nSPS) is 26.3. The molecule has 1 heterocycles. The highest BCUT2D eigenvalue weighted by atomic mass is 32.1. The van der Waals surface area contributed by atoms with Crippen molar-refractivity contribution in [1.29, 1.82) is 0 Å². The molecule has 56 valence electrons. The maximum absolute atomic E-state index is 10.7. The van der Waals surface area contributed by atoms with Gasteiger partial charge in [0.1, 0.15) is 0 Å². The number of piperidine rings is 1. The average Bonchev–Trinajstić information content (AvgIpc) is 1.88. The fourth-order valence-corrected chi connectivity index (χ4v) is 1.53. The van der Waals surface area contributed by atoms with Crippen molar-refractivity contribution in [3.63, 3.8) is 0 Å². The maximum atomic E-state index is 10.7. The monoisotopic (exact) mass is 157 g/mol. The minimum atomic E-state index is 0.0784. The van der Waals surface area contributed by atoms with E-state index in [1.807, 2.05) is 0 Å². The standard InChI is InChI=1S/C7H11NOS/c1-2-5-3-4-6(9)8-7(5)10/h5H,2-4H2,1H3,(H,8,9,10). The van der Waals surface area contributed by atoms with Gasteiger partial charge in [0.2, 0.25) is 5.91 Å². The third-order valence-electron chi connectivity index (χ3n) is 1.85. The Morgan fingerprint density at radius 3 is 3.00 bits per heavy atom. The van der Waals surface area contributed by atoms with E-state index < -0.39 is 0 Å². The Morgan fingerprint density at radius 2 is 2.50 bits per heavy atom. The number of thiocarbonyl (C=S) groups is 1. The summed E-state index contributed by atoms with van der Waals surface area (Å²) in [4.78, 5) is 11.5. The van der Waals surface area contributed by atoms with Gasteiger partial charge in [-0.2, -0.15) is 0 Å². The van der Waals surface area contributed by atoms with Crippen LogP contribution >= 0.6 is 12.2 Å². The molecule has 0 aromatic heterocycles. The Balaban J connectivity index is 2.51. The molecule has 0 radical (unpaired) electrons. The molecule has 1 saturated heterocycles. The number of amides is 1. The molecule has 0 bridgehead atoms. The van der Waals surface area contributed by atoms with Crippen molar-refractivity contribution < 1.29 is 4.79 Å².